The summed E-state index contributed by atoms with van der Waals surface area (Å²) in [5.74, 6) is 0. The Labute approximate surface area is 130 Å². The fraction of sp³-hybridized carbons (Fsp3) is 0.167. The van der Waals surface area contributed by atoms with Crippen molar-refractivity contribution in [3.63, 3.8) is 0 Å². The second-order valence-electron chi connectivity index (χ2n) is 3.23. The van der Waals surface area contributed by atoms with E-state index >= 15 is 0 Å². The Morgan fingerprint density at radius 1 is 0.500 bits per heavy atom. The molecular weight excluding hydrogens is 426 g/mol. The van der Waals surface area contributed by atoms with Gasteiger partial charge in [-0.3, -0.25) is 0 Å². The molecule has 2 rings (SSSR count). The molecule has 0 radical (unpaired) electrons. The molecule has 2 aromatic heterocycles. The van der Waals surface area contributed by atoms with E-state index in [-0.39, 0.29) is 48.0 Å². The first-order valence-electron chi connectivity index (χ1n) is 4.83. The van der Waals surface area contributed by atoms with Crippen molar-refractivity contribution in [1.29, 1.82) is 0 Å². The minimum atomic E-state index is 0. The van der Waals surface area contributed by atoms with Gasteiger partial charge in [0, 0.05) is 24.3 Å². The van der Waals surface area contributed by atoms with Crippen LogP contribution in [0.2, 0.25) is 0 Å². The van der Waals surface area contributed by atoms with E-state index in [1.165, 1.54) is 0 Å². The average Bonchev–Trinajstić information content (AvgIpc) is 2.29. The van der Waals surface area contributed by atoms with Crippen LogP contribution in [0.4, 0.5) is 0 Å². The van der Waals surface area contributed by atoms with Crippen molar-refractivity contribution >= 4 is 0 Å². The van der Waals surface area contributed by atoms with Crippen LogP contribution < -0.4 is 57.1 Å². The highest BCUT2D eigenvalue weighted by Crippen LogP contribution is 1.79. The molecule has 0 aliphatic carbocycles. The number of aryl methyl sites for hydroxylation is 2. The van der Waals surface area contributed by atoms with Gasteiger partial charge in [0.2, 0.25) is 13.1 Å². The summed E-state index contributed by atoms with van der Waals surface area (Å²) in [6.07, 6.45) is 8.35. The summed E-state index contributed by atoms with van der Waals surface area (Å²) in [4.78, 5) is 0. The number of pyridine rings is 2. The molecule has 86 valence electrons. The third-order valence-electron chi connectivity index (χ3n) is 2.17. The highest BCUT2D eigenvalue weighted by molar-refractivity contribution is 4.84. The SMILES string of the molecule is [I-].[I-].c1cc[n+](CC[n+]2ccccc2)cc1. The van der Waals surface area contributed by atoms with Crippen molar-refractivity contribution in [2.24, 2.45) is 0 Å². The molecule has 2 heterocycles. The molecule has 0 atom stereocenters. The highest BCUT2D eigenvalue weighted by Gasteiger charge is 2.02. The monoisotopic (exact) mass is 440 g/mol. The summed E-state index contributed by atoms with van der Waals surface area (Å²) in [7, 11) is 0. The fourth-order valence-electron chi connectivity index (χ4n) is 1.40. The average molecular weight is 440 g/mol. The molecular formula is C12H14I2N2. The van der Waals surface area contributed by atoms with Crippen molar-refractivity contribution < 1.29 is 57.1 Å². The molecule has 0 spiro atoms. The maximum absolute atomic E-state index is 2.18. The molecule has 0 amide bonds. The Kier molecular flexibility index (Phi) is 8.73. The van der Waals surface area contributed by atoms with Gasteiger partial charge >= 0.3 is 0 Å². The van der Waals surface area contributed by atoms with Gasteiger partial charge in [0.05, 0.1) is 0 Å². The van der Waals surface area contributed by atoms with Crippen LogP contribution in [0.3, 0.4) is 0 Å². The maximum atomic E-state index is 2.18. The summed E-state index contributed by atoms with van der Waals surface area (Å²) in [6, 6.07) is 12.3. The summed E-state index contributed by atoms with van der Waals surface area (Å²) in [6.45, 7) is 2.02. The lowest BCUT2D eigenvalue weighted by Gasteiger charge is -1.93. The predicted molar refractivity (Wildman–Crippen MR) is 53.3 cm³/mol. The largest absolute Gasteiger partial charge is 1.00 e. The van der Waals surface area contributed by atoms with E-state index in [0.717, 1.165) is 13.1 Å². The van der Waals surface area contributed by atoms with Crippen LogP contribution >= 0.6 is 0 Å². The van der Waals surface area contributed by atoms with E-state index in [1.54, 1.807) is 0 Å². The topological polar surface area (TPSA) is 7.76 Å². The zero-order valence-electron chi connectivity index (χ0n) is 8.84. The van der Waals surface area contributed by atoms with Gasteiger partial charge in [-0.05, 0) is 0 Å². The molecule has 0 fully saturated rings. The minimum Gasteiger partial charge on any atom is -1.00 e. The second-order valence-corrected chi connectivity index (χ2v) is 3.23. The molecule has 2 aromatic rings. The van der Waals surface area contributed by atoms with E-state index in [9.17, 15) is 0 Å². The van der Waals surface area contributed by atoms with Crippen molar-refractivity contribution in [3.05, 3.63) is 61.2 Å². The molecule has 0 bridgehead atoms. The molecule has 0 aliphatic rings. The molecule has 2 nitrogen and oxygen atoms in total. The second kappa shape index (κ2) is 8.86. The van der Waals surface area contributed by atoms with Gasteiger partial charge in [0.15, 0.2) is 24.8 Å². The van der Waals surface area contributed by atoms with Gasteiger partial charge < -0.3 is 48.0 Å². The van der Waals surface area contributed by atoms with Crippen LogP contribution in [0.25, 0.3) is 0 Å². The quantitative estimate of drug-likeness (QED) is 0.334. The molecule has 0 N–H and O–H groups in total. The zero-order valence-corrected chi connectivity index (χ0v) is 13.2. The molecule has 4 heteroatoms. The predicted octanol–water partition coefficient (Wildman–Crippen LogP) is -5.03. The molecule has 0 saturated heterocycles. The van der Waals surface area contributed by atoms with Crippen LogP contribution in [-0.4, -0.2) is 0 Å². The molecule has 0 unspecified atom stereocenters. The Bertz CT molecular complexity index is 339. The number of rotatable bonds is 3. The fourth-order valence-corrected chi connectivity index (χ4v) is 1.40. The van der Waals surface area contributed by atoms with Crippen molar-refractivity contribution in [1.82, 2.24) is 0 Å². The Morgan fingerprint density at radius 2 is 0.812 bits per heavy atom. The summed E-state index contributed by atoms with van der Waals surface area (Å²) >= 11 is 0. The number of hydrogen-bond acceptors (Lipinski definition) is 0. The number of aromatic nitrogens is 2. The normalized spacial score (nSPS) is 8.75. The lowest BCUT2D eigenvalue weighted by atomic mass is 10.4. The summed E-state index contributed by atoms with van der Waals surface area (Å²) < 4.78 is 4.36. The minimum absolute atomic E-state index is 0. The Balaban J connectivity index is 0.00000112. The highest BCUT2D eigenvalue weighted by atomic mass is 127. The number of halogens is 2. The lowest BCUT2D eigenvalue weighted by Crippen LogP contribution is -3.00. The summed E-state index contributed by atoms with van der Waals surface area (Å²) in [5, 5.41) is 0. The van der Waals surface area contributed by atoms with Gasteiger partial charge in [0.25, 0.3) is 0 Å². The third-order valence-corrected chi connectivity index (χ3v) is 2.17. The number of hydrogen-bond donors (Lipinski definition) is 0. The maximum Gasteiger partial charge on any atom is 0.206 e. The van der Waals surface area contributed by atoms with Gasteiger partial charge in [-0.2, -0.15) is 9.13 Å². The zero-order chi connectivity index (χ0) is 9.64. The third kappa shape index (κ3) is 5.20. The molecule has 16 heavy (non-hydrogen) atoms. The number of nitrogens with zero attached hydrogens (tertiary/aromatic N) is 2. The van der Waals surface area contributed by atoms with Crippen LogP contribution in [0, 0.1) is 0 Å². The standard InChI is InChI=1S/C12H14N2.2HI/c1-3-7-13(8-4-1)11-12-14-9-5-2-6-10-14;;/h1-10H,11-12H2;2*1H/q+2;;/p-2. The van der Waals surface area contributed by atoms with Gasteiger partial charge in [-0.1, -0.05) is 12.1 Å². The van der Waals surface area contributed by atoms with Gasteiger partial charge in [0.1, 0.15) is 0 Å². The first-order valence-corrected chi connectivity index (χ1v) is 4.83. The van der Waals surface area contributed by atoms with Crippen LogP contribution in [0.5, 0.6) is 0 Å². The molecule has 0 saturated carbocycles. The first kappa shape index (κ1) is 15.8. The van der Waals surface area contributed by atoms with E-state index in [4.69, 9.17) is 0 Å². The van der Waals surface area contributed by atoms with E-state index in [0.29, 0.717) is 0 Å². The van der Waals surface area contributed by atoms with Gasteiger partial charge in [-0.15, -0.1) is 0 Å². The van der Waals surface area contributed by atoms with Gasteiger partial charge in [-0.25, -0.2) is 0 Å². The molecule has 0 aromatic carbocycles. The Morgan fingerprint density at radius 3 is 1.12 bits per heavy atom. The van der Waals surface area contributed by atoms with Crippen LogP contribution in [-0.2, 0) is 13.1 Å². The van der Waals surface area contributed by atoms with E-state index in [1.807, 2.05) is 12.1 Å². The van der Waals surface area contributed by atoms with E-state index in [2.05, 4.69) is 58.2 Å². The Hall–Kier alpha value is -0.240. The molecule has 0 aliphatic heterocycles. The van der Waals surface area contributed by atoms with Crippen LogP contribution in [0.15, 0.2) is 61.2 Å². The van der Waals surface area contributed by atoms with Crippen molar-refractivity contribution in [2.75, 3.05) is 0 Å². The van der Waals surface area contributed by atoms with Crippen molar-refractivity contribution in [3.8, 4) is 0 Å². The van der Waals surface area contributed by atoms with Crippen LogP contribution in [0.1, 0.15) is 0 Å². The smallest absolute Gasteiger partial charge is 0.206 e. The summed E-state index contributed by atoms with van der Waals surface area (Å²) in [5.41, 5.74) is 0. The first-order chi connectivity index (χ1) is 6.95. The van der Waals surface area contributed by atoms with Crippen molar-refractivity contribution in [2.45, 2.75) is 13.1 Å². The lowest BCUT2D eigenvalue weighted by molar-refractivity contribution is -0.778. The van der Waals surface area contributed by atoms with E-state index < -0.39 is 0 Å².